The second-order valence-corrected chi connectivity index (χ2v) is 6.30. The maximum atomic E-state index is 12.6. The Morgan fingerprint density at radius 2 is 2.33 bits per heavy atom. The Balaban J connectivity index is 1.60. The lowest BCUT2D eigenvalue weighted by Gasteiger charge is -2.37. The van der Waals surface area contributed by atoms with Crippen molar-refractivity contribution in [2.24, 2.45) is 5.92 Å². The number of rotatable bonds is 3. The number of aliphatic hydroxyl groups is 1. The van der Waals surface area contributed by atoms with E-state index in [4.69, 9.17) is 4.74 Å². The van der Waals surface area contributed by atoms with Crippen LogP contribution >= 0.6 is 0 Å². The lowest BCUT2D eigenvalue weighted by atomic mass is 9.92. The van der Waals surface area contributed by atoms with Crippen molar-refractivity contribution in [2.75, 3.05) is 26.8 Å². The molecular weight excluding hydrogens is 270 g/mol. The first-order chi connectivity index (χ1) is 10.1. The minimum Gasteiger partial charge on any atom is -0.388 e. The molecule has 3 heterocycles. The van der Waals surface area contributed by atoms with E-state index in [-0.39, 0.29) is 11.8 Å². The third-order valence-corrected chi connectivity index (χ3v) is 4.65. The van der Waals surface area contributed by atoms with Gasteiger partial charge in [0.1, 0.15) is 0 Å². The summed E-state index contributed by atoms with van der Waals surface area (Å²) >= 11 is 0. The fourth-order valence-corrected chi connectivity index (χ4v) is 3.31. The highest BCUT2D eigenvalue weighted by molar-refractivity contribution is 5.78. The van der Waals surface area contributed by atoms with Crippen LogP contribution in [0.1, 0.15) is 25.0 Å². The second kappa shape index (κ2) is 5.77. The number of carbonyl (C=O) groups excluding carboxylic acids is 1. The molecule has 0 saturated carbocycles. The summed E-state index contributed by atoms with van der Waals surface area (Å²) in [4.78, 5) is 18.4. The largest absolute Gasteiger partial charge is 0.388 e. The molecule has 1 atom stereocenters. The SMILES string of the molecule is CN(CC1(O)CCOCC1)C(=O)C1CCc2cncn2C1. The van der Waals surface area contributed by atoms with E-state index in [1.54, 1.807) is 18.3 Å². The van der Waals surface area contributed by atoms with E-state index in [1.165, 1.54) is 5.69 Å². The summed E-state index contributed by atoms with van der Waals surface area (Å²) in [6.07, 6.45) is 6.61. The number of imidazole rings is 1. The Morgan fingerprint density at radius 3 is 3.10 bits per heavy atom. The highest BCUT2D eigenvalue weighted by Gasteiger charge is 2.34. The van der Waals surface area contributed by atoms with Crippen molar-refractivity contribution in [3.63, 3.8) is 0 Å². The van der Waals surface area contributed by atoms with Crippen LogP contribution in [0.25, 0.3) is 0 Å². The van der Waals surface area contributed by atoms with Crippen molar-refractivity contribution in [1.29, 1.82) is 0 Å². The molecule has 1 amide bonds. The lowest BCUT2D eigenvalue weighted by molar-refractivity contribution is -0.141. The maximum absolute atomic E-state index is 12.6. The maximum Gasteiger partial charge on any atom is 0.227 e. The third-order valence-electron chi connectivity index (χ3n) is 4.65. The molecule has 21 heavy (non-hydrogen) atoms. The van der Waals surface area contributed by atoms with E-state index < -0.39 is 5.60 Å². The van der Waals surface area contributed by atoms with Crippen molar-refractivity contribution in [2.45, 2.75) is 37.8 Å². The number of likely N-dealkylation sites (N-methyl/N-ethyl adjacent to an activating group) is 1. The molecule has 6 heteroatoms. The Kier molecular flexibility index (Phi) is 3.99. The number of ether oxygens (including phenoxy) is 1. The predicted molar refractivity (Wildman–Crippen MR) is 76.7 cm³/mol. The molecule has 1 unspecified atom stereocenters. The highest BCUT2D eigenvalue weighted by atomic mass is 16.5. The van der Waals surface area contributed by atoms with Crippen LogP contribution in [-0.2, 0) is 22.5 Å². The number of nitrogens with zero attached hydrogens (tertiary/aromatic N) is 3. The fourth-order valence-electron chi connectivity index (χ4n) is 3.31. The standard InChI is InChI=1S/C15H23N3O3/c1-17(10-15(20)4-6-21-7-5-15)14(19)12-2-3-13-8-16-11-18(13)9-12/h8,11-12,20H,2-7,9-10H2,1H3. The average Bonchev–Trinajstić information content (AvgIpc) is 2.94. The van der Waals surface area contributed by atoms with Gasteiger partial charge in [-0.2, -0.15) is 0 Å². The minimum absolute atomic E-state index is 0.0138. The second-order valence-electron chi connectivity index (χ2n) is 6.30. The summed E-state index contributed by atoms with van der Waals surface area (Å²) in [5, 5.41) is 10.5. The summed E-state index contributed by atoms with van der Waals surface area (Å²) < 4.78 is 7.34. The van der Waals surface area contributed by atoms with Crippen LogP contribution < -0.4 is 0 Å². The Bertz CT molecular complexity index is 508. The number of aromatic nitrogens is 2. The highest BCUT2D eigenvalue weighted by Crippen LogP contribution is 2.24. The molecule has 0 bridgehead atoms. The zero-order valence-corrected chi connectivity index (χ0v) is 12.5. The zero-order chi connectivity index (χ0) is 14.9. The van der Waals surface area contributed by atoms with Crippen molar-refractivity contribution in [3.8, 4) is 0 Å². The van der Waals surface area contributed by atoms with Gasteiger partial charge in [0.05, 0.1) is 17.8 Å². The zero-order valence-electron chi connectivity index (χ0n) is 12.5. The Labute approximate surface area is 124 Å². The van der Waals surface area contributed by atoms with Gasteiger partial charge in [-0.3, -0.25) is 4.79 Å². The molecule has 0 spiro atoms. The normalized spacial score (nSPS) is 24.4. The van der Waals surface area contributed by atoms with E-state index in [0.717, 1.165) is 12.8 Å². The molecule has 1 fully saturated rings. The van der Waals surface area contributed by atoms with Crippen molar-refractivity contribution in [3.05, 3.63) is 18.2 Å². The monoisotopic (exact) mass is 293 g/mol. The number of amides is 1. The first kappa shape index (κ1) is 14.5. The quantitative estimate of drug-likeness (QED) is 0.878. The minimum atomic E-state index is -0.794. The molecule has 116 valence electrons. The van der Waals surface area contributed by atoms with Crippen LogP contribution in [0.15, 0.2) is 12.5 Å². The molecule has 0 aromatic carbocycles. The molecular formula is C15H23N3O3. The molecule has 1 aromatic rings. The molecule has 6 nitrogen and oxygen atoms in total. The van der Waals surface area contributed by atoms with E-state index in [9.17, 15) is 9.90 Å². The number of hydrogen-bond acceptors (Lipinski definition) is 4. The number of fused-ring (bicyclic) bond motifs is 1. The summed E-state index contributed by atoms with van der Waals surface area (Å²) in [7, 11) is 1.79. The van der Waals surface area contributed by atoms with Crippen molar-refractivity contribution >= 4 is 5.91 Å². The molecule has 1 saturated heterocycles. The summed E-state index contributed by atoms with van der Waals surface area (Å²) in [6.45, 7) is 2.23. The molecule has 1 aromatic heterocycles. The first-order valence-electron chi connectivity index (χ1n) is 7.61. The molecule has 2 aliphatic rings. The van der Waals surface area contributed by atoms with Crippen LogP contribution in [-0.4, -0.2) is 57.9 Å². The van der Waals surface area contributed by atoms with E-state index in [1.807, 2.05) is 6.20 Å². The number of carbonyl (C=O) groups is 1. The molecule has 0 aliphatic carbocycles. The van der Waals surface area contributed by atoms with Crippen LogP contribution in [0.3, 0.4) is 0 Å². The van der Waals surface area contributed by atoms with Crippen molar-refractivity contribution < 1.29 is 14.6 Å². The van der Waals surface area contributed by atoms with Gasteiger partial charge in [0.15, 0.2) is 0 Å². The Hall–Kier alpha value is -1.40. The number of hydrogen-bond donors (Lipinski definition) is 1. The average molecular weight is 293 g/mol. The topological polar surface area (TPSA) is 67.6 Å². The molecule has 3 rings (SSSR count). The van der Waals surface area contributed by atoms with Crippen LogP contribution in [0.5, 0.6) is 0 Å². The molecule has 2 aliphatic heterocycles. The van der Waals surface area contributed by atoms with E-state index in [2.05, 4.69) is 9.55 Å². The number of aryl methyl sites for hydroxylation is 1. The van der Waals surface area contributed by atoms with Gasteiger partial charge in [-0.15, -0.1) is 0 Å². The van der Waals surface area contributed by atoms with Gasteiger partial charge in [0.2, 0.25) is 5.91 Å². The smallest absolute Gasteiger partial charge is 0.227 e. The first-order valence-corrected chi connectivity index (χ1v) is 7.61. The lowest BCUT2D eigenvalue weighted by Crippen LogP contribution is -2.49. The van der Waals surface area contributed by atoms with Crippen LogP contribution in [0, 0.1) is 5.92 Å². The van der Waals surface area contributed by atoms with Crippen molar-refractivity contribution in [1.82, 2.24) is 14.5 Å². The Morgan fingerprint density at radius 1 is 1.57 bits per heavy atom. The summed E-state index contributed by atoms with van der Waals surface area (Å²) in [6, 6.07) is 0. The summed E-state index contributed by atoms with van der Waals surface area (Å²) in [5.41, 5.74) is 0.405. The van der Waals surface area contributed by atoms with Gasteiger partial charge in [-0.05, 0) is 12.8 Å². The fraction of sp³-hybridized carbons (Fsp3) is 0.733. The van der Waals surface area contributed by atoms with E-state index >= 15 is 0 Å². The van der Waals surface area contributed by atoms with Gasteiger partial charge < -0.3 is 19.3 Å². The van der Waals surface area contributed by atoms with Gasteiger partial charge in [-0.1, -0.05) is 0 Å². The van der Waals surface area contributed by atoms with Gasteiger partial charge >= 0.3 is 0 Å². The van der Waals surface area contributed by atoms with Crippen LogP contribution in [0.4, 0.5) is 0 Å². The van der Waals surface area contributed by atoms with E-state index in [0.29, 0.717) is 39.1 Å². The molecule has 0 radical (unpaired) electrons. The van der Waals surface area contributed by atoms with Gasteiger partial charge in [0.25, 0.3) is 0 Å². The van der Waals surface area contributed by atoms with Crippen LogP contribution in [0.2, 0.25) is 0 Å². The molecule has 1 N–H and O–H groups in total. The predicted octanol–water partition coefficient (Wildman–Crippen LogP) is 0.445. The van der Waals surface area contributed by atoms with Gasteiger partial charge in [-0.25, -0.2) is 4.98 Å². The third kappa shape index (κ3) is 3.11. The van der Waals surface area contributed by atoms with Gasteiger partial charge in [0, 0.05) is 58.1 Å². The summed E-state index contributed by atoms with van der Waals surface area (Å²) in [5.74, 6) is 0.106.